The minimum atomic E-state index is -0.134. The number of nitrogens with zero attached hydrogens (tertiary/aromatic N) is 3. The molecule has 0 amide bonds. The van der Waals surface area contributed by atoms with Crippen molar-refractivity contribution in [1.29, 1.82) is 0 Å². The molecule has 0 bridgehead atoms. The van der Waals surface area contributed by atoms with Crippen LogP contribution in [0.2, 0.25) is 0 Å². The van der Waals surface area contributed by atoms with E-state index in [0.717, 1.165) is 21.8 Å². The van der Waals surface area contributed by atoms with E-state index in [1.165, 1.54) is 250 Å². The molecule has 0 unspecified atom stereocenters. The first-order valence-corrected chi connectivity index (χ1v) is 44.9. The van der Waals surface area contributed by atoms with E-state index in [-0.39, 0.29) is 68.9 Å². The predicted molar refractivity (Wildman–Crippen MR) is 534 cm³/mol. The van der Waals surface area contributed by atoms with Crippen LogP contribution in [0, 0.1) is 0 Å². The van der Waals surface area contributed by atoms with Crippen LogP contribution < -0.4 is 113 Å². The molecular formula is C108H114B6N6. The van der Waals surface area contributed by atoms with Crippen molar-refractivity contribution in [3.8, 4) is 0 Å². The Hall–Kier alpha value is -10.2. The summed E-state index contributed by atoms with van der Waals surface area (Å²) < 4.78 is 0. The van der Waals surface area contributed by atoms with Gasteiger partial charge < -0.3 is 30.7 Å². The first-order valence-electron chi connectivity index (χ1n) is 44.9. The van der Waals surface area contributed by atoms with E-state index in [4.69, 9.17) is 16.0 Å². The van der Waals surface area contributed by atoms with Crippen LogP contribution in [0.5, 0.6) is 0 Å². The van der Waals surface area contributed by atoms with Crippen LogP contribution in [0.15, 0.2) is 164 Å². The van der Waals surface area contributed by atoms with Crippen LogP contribution in [0.25, 0.3) is 32.3 Å². The first kappa shape index (κ1) is 76.0. The Bertz CT molecular complexity index is 6210. The molecule has 9 aliphatic rings. The second kappa shape index (κ2) is 24.0. The number of fused-ring (bicyclic) bond motifs is 33. The Balaban J connectivity index is 1.04. The van der Waals surface area contributed by atoms with Gasteiger partial charge in [-0.1, -0.05) is 313 Å². The lowest BCUT2D eigenvalue weighted by molar-refractivity contribution is 0.590. The Morgan fingerprint density at radius 2 is 0.408 bits per heavy atom. The van der Waals surface area contributed by atoms with Crippen LogP contribution in [0.3, 0.4) is 0 Å². The van der Waals surface area contributed by atoms with Crippen molar-refractivity contribution in [2.75, 3.05) is 30.7 Å². The molecule has 3 N–H and O–H groups in total. The summed E-state index contributed by atoms with van der Waals surface area (Å²) in [7, 11) is 2.21. The van der Waals surface area contributed by atoms with Crippen molar-refractivity contribution in [2.45, 2.75) is 236 Å². The van der Waals surface area contributed by atoms with E-state index in [9.17, 15) is 0 Å². The molecule has 0 saturated heterocycles. The van der Waals surface area contributed by atoms with Crippen LogP contribution in [-0.2, 0) is 48.7 Å². The monoisotopic (exact) mass is 1560 g/mol. The molecule has 0 atom stereocenters. The molecule has 13 aromatic rings. The zero-order valence-corrected chi connectivity index (χ0v) is 76.3. The second-order valence-corrected chi connectivity index (χ2v) is 46.8. The highest BCUT2D eigenvalue weighted by Crippen LogP contribution is 2.56. The van der Waals surface area contributed by atoms with Crippen LogP contribution >= 0.6 is 0 Å². The maximum absolute atomic E-state index is 4.71. The molecule has 0 fully saturated rings. The molecule has 594 valence electrons. The second-order valence-electron chi connectivity index (χ2n) is 46.8. The van der Waals surface area contributed by atoms with Crippen molar-refractivity contribution in [1.82, 2.24) is 0 Å². The topological polar surface area (TPSA) is 45.8 Å². The maximum atomic E-state index is 4.71. The van der Waals surface area contributed by atoms with Gasteiger partial charge in [0.1, 0.15) is 0 Å². The third-order valence-electron chi connectivity index (χ3n) is 29.6. The third kappa shape index (κ3) is 10.6. The fourth-order valence-electron chi connectivity index (χ4n) is 22.8. The van der Waals surface area contributed by atoms with E-state index >= 15 is 0 Å². The van der Waals surface area contributed by atoms with Gasteiger partial charge >= 0.3 is 0 Å². The molecule has 120 heavy (non-hydrogen) atoms. The number of rotatable bonds is 0. The van der Waals surface area contributed by atoms with E-state index in [2.05, 4.69) is 365 Å². The minimum Gasteiger partial charge on any atom is -0.356 e. The lowest BCUT2D eigenvalue weighted by Gasteiger charge is -2.49. The molecule has 0 spiro atoms. The zero-order valence-electron chi connectivity index (χ0n) is 76.3. The van der Waals surface area contributed by atoms with E-state index in [1.54, 1.807) is 0 Å². The quantitative estimate of drug-likeness (QED) is 0.104. The van der Waals surface area contributed by atoms with Crippen LogP contribution in [0.4, 0.5) is 85.3 Å². The standard InChI is InChI=1S/C108H114B6N6/c1-100(2,3)55-31-40-76-64(46-55)109-88-82-85(94-91-97(88)118(76)79-43-34-61(106(19,20)21)52-70(79)112(91)67-49-58(103(10,11)12)28-37-73(67)115-94)83-87(96-93-99-89(83)110-66-48-57(102(7,8)9)33-42-78(66)120(99)81-45-36-63(108(25,26)27)54-72(81)114(93)69-51-60(105(16,17)18)30-39-75(69)117-96)84-86(82)95-92-98-90(84)111-65-47-56(101(4,5)6)32-41-77(65)119(98)80-44-35-62(107(22,23)24)53-71(80)113(92)68-50-59(104(13,14)15)29-38-74(68)116-95/h28-54,109-111,115-117H,1-27H3. The summed E-state index contributed by atoms with van der Waals surface area (Å²) in [4.78, 5) is 8.42. The average molecular weight is 1560 g/mol. The number of hydrogen-bond donors (Lipinski definition) is 3. The van der Waals surface area contributed by atoms with Crippen molar-refractivity contribution in [2.24, 2.45) is 0 Å². The summed E-state index contributed by atoms with van der Waals surface area (Å²) in [5.41, 5.74) is 50.5. The van der Waals surface area contributed by atoms with E-state index < -0.39 is 0 Å². The van der Waals surface area contributed by atoms with Crippen molar-refractivity contribution >= 4 is 242 Å². The molecule has 6 nitrogen and oxygen atoms in total. The van der Waals surface area contributed by atoms with Gasteiger partial charge in [0.25, 0.3) is 20.1 Å². The Morgan fingerprint density at radius 1 is 0.217 bits per heavy atom. The fraction of sp³-hybridized carbons (Fsp3) is 0.333. The Morgan fingerprint density at radius 3 is 0.625 bits per heavy atom. The van der Waals surface area contributed by atoms with Gasteiger partial charge in [0.2, 0.25) is 0 Å². The first-order chi connectivity index (χ1) is 56.2. The SMILES string of the molecule is CC(C)(C)c1ccc2c(c1)Bc1c3c4c(c5c1c1c6c7c8c(c1c1c9c%10c%11c(c51)Bc1cc(C(C)(C)C)ccc1N%11c1ccc(C(C)(C)C)cc1B%10c1cc(C(C)(C)C)ccc1N9)Bc1cc(C(C)(C)C)ccc1N8c1ccc(C(C)(C)C)cc1B7c1cc(C(C)(C)C)ccc1N6)Nc1ccc(C(C)(C)C)cc1B4c1cc(C(C)(C)C)ccc1N23. The van der Waals surface area contributed by atoms with Gasteiger partial charge in [-0.25, -0.2) is 0 Å². The smallest absolute Gasteiger partial charge is 0.252 e. The Kier molecular flexibility index (Phi) is 15.2. The highest BCUT2D eigenvalue weighted by atomic mass is 15.2. The molecule has 0 radical (unpaired) electrons. The molecule has 0 saturated carbocycles. The average Bonchev–Trinajstić information content (AvgIpc) is 0.647. The molecule has 13 aromatic carbocycles. The van der Waals surface area contributed by atoms with E-state index in [1.807, 2.05) is 0 Å². The van der Waals surface area contributed by atoms with Gasteiger partial charge in [0, 0.05) is 101 Å². The summed E-state index contributed by atoms with van der Waals surface area (Å²) in [6, 6.07) is 68.5. The largest absolute Gasteiger partial charge is 0.356 e. The molecule has 9 aliphatic heterocycles. The number of benzene rings is 13. The number of anilines is 15. The summed E-state index contributed by atoms with van der Waals surface area (Å²) in [6.45, 7) is 64.6. The molecule has 0 aliphatic carbocycles. The zero-order chi connectivity index (χ0) is 84.3. The van der Waals surface area contributed by atoms with Gasteiger partial charge in [-0.3, -0.25) is 0 Å². The van der Waals surface area contributed by atoms with Crippen molar-refractivity contribution in [3.05, 3.63) is 214 Å². The molecule has 22 rings (SSSR count). The third-order valence-corrected chi connectivity index (χ3v) is 29.6. The summed E-state index contributed by atoms with van der Waals surface area (Å²) in [5.74, 6) is 0. The van der Waals surface area contributed by atoms with Crippen molar-refractivity contribution < 1.29 is 0 Å². The van der Waals surface area contributed by atoms with Gasteiger partial charge in [-0.15, -0.1) is 0 Å². The summed E-state index contributed by atoms with van der Waals surface area (Å²) in [5, 5.41) is 22.1. The summed E-state index contributed by atoms with van der Waals surface area (Å²) >= 11 is 0. The summed E-state index contributed by atoms with van der Waals surface area (Å²) in [6.07, 6.45) is 0. The Labute approximate surface area is 716 Å². The highest BCUT2D eigenvalue weighted by molar-refractivity contribution is 7.04. The normalized spacial score (nSPS) is 15.4. The maximum Gasteiger partial charge on any atom is 0.252 e. The van der Waals surface area contributed by atoms with Gasteiger partial charge in [0.05, 0.1) is 0 Å². The van der Waals surface area contributed by atoms with Crippen molar-refractivity contribution in [3.63, 3.8) is 0 Å². The van der Waals surface area contributed by atoms with Crippen LogP contribution in [0.1, 0.15) is 237 Å². The number of hydrogen-bond acceptors (Lipinski definition) is 6. The lowest BCUT2D eigenvalue weighted by atomic mass is 9.31. The molecule has 12 heteroatoms. The van der Waals surface area contributed by atoms with Gasteiger partial charge in [-0.05, 0) is 235 Å². The van der Waals surface area contributed by atoms with Crippen LogP contribution in [-0.4, -0.2) is 42.0 Å². The van der Waals surface area contributed by atoms with E-state index in [0.29, 0.717) is 0 Å². The van der Waals surface area contributed by atoms with Gasteiger partial charge in [0.15, 0.2) is 21.8 Å². The predicted octanol–water partition coefficient (Wildman–Crippen LogP) is 17.0. The molecule has 9 heterocycles. The van der Waals surface area contributed by atoms with Gasteiger partial charge in [-0.2, -0.15) is 0 Å². The highest BCUT2D eigenvalue weighted by Gasteiger charge is 2.54. The molecule has 0 aromatic heterocycles. The molecular weight excluding hydrogens is 1450 g/mol. The minimum absolute atomic E-state index is 0.117. The number of nitrogens with one attached hydrogen (secondary N) is 3. The lowest BCUT2D eigenvalue weighted by Crippen LogP contribution is -2.64. The fourth-order valence-corrected chi connectivity index (χ4v) is 22.8.